The molecular formula is C27H33F2NO2. The summed E-state index contributed by atoms with van der Waals surface area (Å²) in [5.41, 5.74) is -0.652. The van der Waals surface area contributed by atoms with E-state index < -0.39 is 17.2 Å². The molecule has 1 aromatic carbocycles. The van der Waals surface area contributed by atoms with Gasteiger partial charge in [-0.15, -0.1) is 0 Å². The topological polar surface area (TPSA) is 50.1 Å². The van der Waals surface area contributed by atoms with Crippen molar-refractivity contribution in [2.75, 3.05) is 0 Å². The molecule has 172 valence electrons. The normalized spacial score (nSPS) is 32.8. The monoisotopic (exact) mass is 441 g/mol. The Kier molecular flexibility index (Phi) is 7.28. The fraction of sp³-hybridized carbons (Fsp3) is 0.630. The smallest absolute Gasteiger partial charge is 0.314 e. The summed E-state index contributed by atoms with van der Waals surface area (Å²) in [4.78, 5) is 12.9. The molecule has 3 fully saturated rings. The highest BCUT2D eigenvalue weighted by Gasteiger charge is 2.43. The maximum Gasteiger partial charge on any atom is 0.314 e. The lowest BCUT2D eigenvalue weighted by molar-refractivity contribution is -0.144. The lowest BCUT2D eigenvalue weighted by Gasteiger charge is -2.45. The highest BCUT2D eigenvalue weighted by molar-refractivity contribution is 5.75. The van der Waals surface area contributed by atoms with Gasteiger partial charge in [0.05, 0.1) is 5.92 Å². The van der Waals surface area contributed by atoms with Crippen molar-refractivity contribution in [3.63, 3.8) is 0 Å². The van der Waals surface area contributed by atoms with Gasteiger partial charge in [0.15, 0.2) is 0 Å². The van der Waals surface area contributed by atoms with E-state index in [1.165, 1.54) is 51.0 Å². The third-order valence-electron chi connectivity index (χ3n) is 8.29. The fourth-order valence-corrected chi connectivity index (χ4v) is 6.71. The molecule has 32 heavy (non-hydrogen) atoms. The average molecular weight is 442 g/mol. The number of hydrogen-bond donors (Lipinski definition) is 0. The lowest BCUT2D eigenvalue weighted by atomic mass is 9.59. The van der Waals surface area contributed by atoms with Crippen LogP contribution in [0.2, 0.25) is 0 Å². The van der Waals surface area contributed by atoms with E-state index in [4.69, 9.17) is 10.00 Å². The quantitative estimate of drug-likeness (QED) is 0.288. The zero-order chi connectivity index (χ0) is 22.7. The molecule has 3 aliphatic rings. The van der Waals surface area contributed by atoms with Crippen molar-refractivity contribution in [3.05, 3.63) is 41.5 Å². The summed E-state index contributed by atoms with van der Waals surface area (Å²) in [6.45, 7) is 2.10. The van der Waals surface area contributed by atoms with Gasteiger partial charge >= 0.3 is 5.97 Å². The number of ether oxygens (including phenoxy) is 1. The van der Waals surface area contributed by atoms with Crippen molar-refractivity contribution >= 4 is 5.97 Å². The van der Waals surface area contributed by atoms with Crippen LogP contribution >= 0.6 is 0 Å². The number of nitrogens with zero attached hydrogens (tertiary/aromatic N) is 1. The second kappa shape index (κ2) is 10.1. The maximum absolute atomic E-state index is 13.9. The molecule has 3 aliphatic carbocycles. The van der Waals surface area contributed by atoms with E-state index >= 15 is 0 Å². The van der Waals surface area contributed by atoms with E-state index in [1.54, 1.807) is 0 Å². The number of carbonyl (C=O) groups excluding carboxylic acids is 1. The van der Waals surface area contributed by atoms with Crippen molar-refractivity contribution in [2.24, 2.45) is 35.5 Å². The Bertz CT molecular complexity index is 874. The molecule has 4 rings (SSSR count). The van der Waals surface area contributed by atoms with Gasteiger partial charge < -0.3 is 4.74 Å². The Labute approximate surface area is 189 Å². The highest BCUT2D eigenvalue weighted by Crippen LogP contribution is 2.50. The minimum absolute atomic E-state index is 0.155. The van der Waals surface area contributed by atoms with Gasteiger partial charge in [0.2, 0.25) is 0 Å². The summed E-state index contributed by atoms with van der Waals surface area (Å²) < 4.78 is 33.2. The average Bonchev–Trinajstić information content (AvgIpc) is 2.79. The van der Waals surface area contributed by atoms with Crippen LogP contribution in [-0.4, -0.2) is 5.97 Å². The lowest BCUT2D eigenvalue weighted by Crippen LogP contribution is -2.40. The summed E-state index contributed by atoms with van der Waals surface area (Å²) in [7, 11) is 0. The Morgan fingerprint density at radius 1 is 1.00 bits per heavy atom. The van der Waals surface area contributed by atoms with Crippen LogP contribution in [0.4, 0.5) is 8.78 Å². The van der Waals surface area contributed by atoms with Gasteiger partial charge in [-0.25, -0.2) is 8.78 Å². The van der Waals surface area contributed by atoms with Crippen LogP contribution in [-0.2, 0) is 4.79 Å². The zero-order valence-corrected chi connectivity index (χ0v) is 18.9. The number of halogens is 2. The van der Waals surface area contributed by atoms with E-state index in [0.29, 0.717) is 11.8 Å². The molecule has 4 unspecified atom stereocenters. The number of rotatable bonds is 4. The molecule has 5 heteroatoms. The van der Waals surface area contributed by atoms with Crippen LogP contribution in [0.1, 0.15) is 76.7 Å². The van der Waals surface area contributed by atoms with E-state index in [9.17, 15) is 13.6 Å². The predicted molar refractivity (Wildman–Crippen MR) is 119 cm³/mol. The Morgan fingerprint density at radius 2 is 1.69 bits per heavy atom. The van der Waals surface area contributed by atoms with E-state index in [2.05, 4.69) is 19.1 Å². The number of hydrogen-bond acceptors (Lipinski definition) is 3. The van der Waals surface area contributed by atoms with Crippen molar-refractivity contribution < 1.29 is 18.3 Å². The van der Waals surface area contributed by atoms with Gasteiger partial charge in [-0.3, -0.25) is 4.79 Å². The maximum atomic E-state index is 13.9. The number of esters is 1. The first-order valence-corrected chi connectivity index (χ1v) is 12.2. The zero-order valence-electron chi connectivity index (χ0n) is 18.9. The van der Waals surface area contributed by atoms with Gasteiger partial charge in [0.25, 0.3) is 0 Å². The summed E-state index contributed by atoms with van der Waals surface area (Å²) >= 11 is 0. The SMILES string of the molecule is C/C=C/C1CCC(C2CCC3C(CCCC3C(=O)Oc3cc(F)c(C#N)c(F)c3)C2)CC1. The van der Waals surface area contributed by atoms with Crippen molar-refractivity contribution in [1.82, 2.24) is 0 Å². The summed E-state index contributed by atoms with van der Waals surface area (Å²) in [6, 6.07) is 3.35. The predicted octanol–water partition coefficient (Wildman–Crippen LogP) is 6.96. The standard InChI is InChI=1S/C27H33F2NO2/c1-2-4-17-7-9-18(10-8-17)19-11-12-22-20(13-19)5-3-6-23(22)27(31)32-21-14-25(28)24(16-30)26(29)15-21/h2,4,14-15,17-20,22-23H,3,5-13H2,1H3/b4-2+. The molecule has 4 atom stereocenters. The molecule has 0 heterocycles. The van der Waals surface area contributed by atoms with E-state index in [0.717, 1.165) is 49.1 Å². The number of carbonyl (C=O) groups is 1. The Balaban J connectivity index is 1.37. The second-order valence-corrected chi connectivity index (χ2v) is 10.0. The van der Waals surface area contributed by atoms with E-state index in [1.807, 2.05) is 0 Å². The van der Waals surface area contributed by atoms with Crippen LogP contribution in [0, 0.1) is 58.5 Å². The molecule has 3 nitrogen and oxygen atoms in total. The molecule has 0 aliphatic heterocycles. The fourth-order valence-electron chi connectivity index (χ4n) is 6.71. The number of benzene rings is 1. The molecule has 3 saturated carbocycles. The molecule has 0 spiro atoms. The first-order chi connectivity index (χ1) is 15.5. The van der Waals surface area contributed by atoms with Crippen LogP contribution in [0.5, 0.6) is 5.75 Å². The largest absolute Gasteiger partial charge is 0.426 e. The summed E-state index contributed by atoms with van der Waals surface area (Å²) in [5, 5.41) is 8.82. The van der Waals surface area contributed by atoms with Crippen molar-refractivity contribution in [3.8, 4) is 11.8 Å². The Morgan fingerprint density at radius 3 is 2.34 bits per heavy atom. The Hall–Kier alpha value is -2.22. The molecule has 0 radical (unpaired) electrons. The number of fused-ring (bicyclic) bond motifs is 1. The van der Waals surface area contributed by atoms with Crippen LogP contribution in [0.15, 0.2) is 24.3 Å². The third-order valence-corrected chi connectivity index (χ3v) is 8.29. The molecule has 0 saturated heterocycles. The second-order valence-electron chi connectivity index (χ2n) is 10.0. The number of nitriles is 1. The number of allylic oxidation sites excluding steroid dienone is 2. The van der Waals surface area contributed by atoms with Gasteiger partial charge in [-0.05, 0) is 87.9 Å². The van der Waals surface area contributed by atoms with Crippen molar-refractivity contribution in [1.29, 1.82) is 5.26 Å². The highest BCUT2D eigenvalue weighted by atomic mass is 19.1. The first kappa shape index (κ1) is 23.0. The van der Waals surface area contributed by atoms with Crippen molar-refractivity contribution in [2.45, 2.75) is 71.1 Å². The molecule has 0 aromatic heterocycles. The first-order valence-electron chi connectivity index (χ1n) is 12.2. The molecule has 0 N–H and O–H groups in total. The van der Waals surface area contributed by atoms with Gasteiger partial charge in [-0.2, -0.15) is 5.26 Å². The van der Waals surface area contributed by atoms with Crippen LogP contribution in [0.3, 0.4) is 0 Å². The van der Waals surface area contributed by atoms with Crippen LogP contribution < -0.4 is 4.74 Å². The summed E-state index contributed by atoms with van der Waals surface area (Å²) in [5.74, 6) is 0.436. The van der Waals surface area contributed by atoms with Gasteiger partial charge in [-0.1, -0.05) is 25.0 Å². The minimum Gasteiger partial charge on any atom is -0.426 e. The molecule has 0 amide bonds. The summed E-state index contributed by atoms with van der Waals surface area (Å²) in [6.07, 6.45) is 16.1. The third kappa shape index (κ3) is 4.90. The molecule has 0 bridgehead atoms. The minimum atomic E-state index is -0.999. The van der Waals surface area contributed by atoms with Crippen LogP contribution in [0.25, 0.3) is 0 Å². The van der Waals surface area contributed by atoms with E-state index in [-0.39, 0.29) is 17.6 Å². The molecular weight excluding hydrogens is 408 g/mol. The van der Waals surface area contributed by atoms with Gasteiger partial charge in [0.1, 0.15) is 29.0 Å². The van der Waals surface area contributed by atoms with Gasteiger partial charge in [0, 0.05) is 12.1 Å². The molecule has 1 aromatic rings.